The Morgan fingerprint density at radius 3 is 1.30 bits per heavy atom. The molecular weight excluding hydrogens is 344 g/mol. The summed E-state index contributed by atoms with van der Waals surface area (Å²) in [6.45, 7) is 0.391. The van der Waals surface area contributed by atoms with Crippen molar-refractivity contribution in [1.29, 1.82) is 0 Å². The third-order valence-electron chi connectivity index (χ3n) is 3.99. The molecule has 0 bridgehead atoms. The topological polar surface area (TPSA) is 59.1 Å². The highest BCUT2D eigenvalue weighted by molar-refractivity contribution is 5.90. The quantitative estimate of drug-likeness (QED) is 0.525. The first kappa shape index (κ1) is 20.3. The minimum absolute atomic E-state index is 0.196. The number of anilines is 2. The Balaban J connectivity index is 1.70. The molecule has 0 aliphatic carbocycles. The second-order valence-electron chi connectivity index (χ2n) is 6.51. The summed E-state index contributed by atoms with van der Waals surface area (Å²) in [5, 5.41) is 0. The predicted octanol–water partition coefficient (Wildman–Crippen LogP) is 3.22. The van der Waals surface area contributed by atoms with Crippen LogP contribution >= 0.6 is 0 Å². The molecule has 0 atom stereocenters. The van der Waals surface area contributed by atoms with E-state index < -0.39 is 0 Å². The van der Waals surface area contributed by atoms with Crippen molar-refractivity contribution in [2.75, 3.05) is 51.2 Å². The molecule has 6 nitrogen and oxygen atoms in total. The molecule has 0 saturated heterocycles. The van der Waals surface area contributed by atoms with E-state index in [1.54, 1.807) is 24.3 Å². The Labute approximate surface area is 160 Å². The van der Waals surface area contributed by atoms with Gasteiger partial charge in [0.05, 0.1) is 24.3 Å². The molecule has 0 spiro atoms. The lowest BCUT2D eigenvalue weighted by atomic mass is 10.2. The summed E-state index contributed by atoms with van der Waals surface area (Å²) in [6.07, 6.45) is 0.447. The van der Waals surface area contributed by atoms with Gasteiger partial charge >= 0.3 is 11.9 Å². The molecule has 0 N–H and O–H groups in total. The number of hydrogen-bond acceptors (Lipinski definition) is 6. The van der Waals surface area contributed by atoms with Gasteiger partial charge in [0.2, 0.25) is 0 Å². The monoisotopic (exact) mass is 370 g/mol. The molecule has 0 heterocycles. The molecule has 0 aliphatic heterocycles. The Kier molecular flexibility index (Phi) is 7.23. The summed E-state index contributed by atoms with van der Waals surface area (Å²) in [6, 6.07) is 14.4. The van der Waals surface area contributed by atoms with Crippen molar-refractivity contribution in [1.82, 2.24) is 0 Å². The fourth-order valence-electron chi connectivity index (χ4n) is 2.35. The highest BCUT2D eigenvalue weighted by atomic mass is 16.5. The van der Waals surface area contributed by atoms with Gasteiger partial charge in [0.25, 0.3) is 0 Å². The number of carbonyl (C=O) groups is 2. The van der Waals surface area contributed by atoms with Gasteiger partial charge in [-0.2, -0.15) is 0 Å². The first-order chi connectivity index (χ1) is 12.9. The van der Waals surface area contributed by atoms with Gasteiger partial charge in [-0.05, 0) is 48.5 Å². The fourth-order valence-corrected chi connectivity index (χ4v) is 2.35. The predicted molar refractivity (Wildman–Crippen MR) is 107 cm³/mol. The molecular formula is C21H26N2O4. The van der Waals surface area contributed by atoms with Crippen LogP contribution in [0.3, 0.4) is 0 Å². The van der Waals surface area contributed by atoms with Crippen molar-refractivity contribution in [2.24, 2.45) is 0 Å². The summed E-state index contributed by atoms with van der Waals surface area (Å²) in [5.74, 6) is -0.767. The molecule has 2 rings (SSSR count). The smallest absolute Gasteiger partial charge is 0.338 e. The highest BCUT2D eigenvalue weighted by Crippen LogP contribution is 2.14. The number of hydrogen-bond donors (Lipinski definition) is 0. The zero-order chi connectivity index (χ0) is 19.8. The third-order valence-corrected chi connectivity index (χ3v) is 3.99. The standard InChI is InChI=1S/C21H26N2O4/c1-22(2)18-10-6-16(7-11-18)20(24)26-14-5-15-27-21(25)17-8-12-19(13-9-17)23(3)4/h6-13H,5,14-15H2,1-4H3. The zero-order valence-corrected chi connectivity index (χ0v) is 16.3. The molecule has 0 radical (unpaired) electrons. The first-order valence-electron chi connectivity index (χ1n) is 8.77. The normalized spacial score (nSPS) is 10.2. The second kappa shape index (κ2) is 9.62. The molecule has 144 valence electrons. The SMILES string of the molecule is CN(C)c1ccc(C(=O)OCCCOC(=O)c2ccc(N(C)C)cc2)cc1. The highest BCUT2D eigenvalue weighted by Gasteiger charge is 2.09. The van der Waals surface area contributed by atoms with Crippen molar-refractivity contribution in [3.05, 3.63) is 59.7 Å². The summed E-state index contributed by atoms with van der Waals surface area (Å²) < 4.78 is 10.4. The van der Waals surface area contributed by atoms with Gasteiger partial charge in [0.15, 0.2) is 0 Å². The largest absolute Gasteiger partial charge is 0.462 e. The number of nitrogens with zero attached hydrogens (tertiary/aromatic N) is 2. The van der Waals surface area contributed by atoms with E-state index in [0.717, 1.165) is 11.4 Å². The molecule has 0 saturated carbocycles. The number of ether oxygens (including phenoxy) is 2. The van der Waals surface area contributed by atoms with Crippen molar-refractivity contribution in [2.45, 2.75) is 6.42 Å². The Morgan fingerprint density at radius 2 is 1.00 bits per heavy atom. The number of benzene rings is 2. The van der Waals surface area contributed by atoms with Crippen molar-refractivity contribution < 1.29 is 19.1 Å². The molecule has 0 unspecified atom stereocenters. The molecule has 0 amide bonds. The summed E-state index contributed by atoms with van der Waals surface area (Å²) in [5.41, 5.74) is 3.02. The average Bonchev–Trinajstić information content (AvgIpc) is 2.67. The van der Waals surface area contributed by atoms with Crippen LogP contribution in [0.4, 0.5) is 11.4 Å². The maximum atomic E-state index is 12.0. The number of rotatable bonds is 8. The van der Waals surface area contributed by atoms with E-state index in [0.29, 0.717) is 17.5 Å². The van der Waals surface area contributed by atoms with Gasteiger partial charge in [-0.3, -0.25) is 0 Å². The van der Waals surface area contributed by atoms with E-state index in [2.05, 4.69) is 0 Å². The van der Waals surface area contributed by atoms with E-state index in [1.807, 2.05) is 62.3 Å². The van der Waals surface area contributed by atoms with Crippen LogP contribution in [0, 0.1) is 0 Å². The van der Waals surface area contributed by atoms with E-state index in [9.17, 15) is 9.59 Å². The van der Waals surface area contributed by atoms with Gasteiger partial charge < -0.3 is 19.3 Å². The van der Waals surface area contributed by atoms with Gasteiger partial charge in [-0.25, -0.2) is 9.59 Å². The zero-order valence-electron chi connectivity index (χ0n) is 16.3. The van der Waals surface area contributed by atoms with Gasteiger partial charge in [0.1, 0.15) is 0 Å². The first-order valence-corrected chi connectivity index (χ1v) is 8.77. The lowest BCUT2D eigenvalue weighted by Crippen LogP contribution is -2.12. The second-order valence-corrected chi connectivity index (χ2v) is 6.51. The van der Waals surface area contributed by atoms with Crippen LogP contribution in [0.2, 0.25) is 0 Å². The van der Waals surface area contributed by atoms with Crippen LogP contribution in [0.1, 0.15) is 27.1 Å². The van der Waals surface area contributed by atoms with E-state index in [-0.39, 0.29) is 25.2 Å². The van der Waals surface area contributed by atoms with Crippen LogP contribution in [0.15, 0.2) is 48.5 Å². The van der Waals surface area contributed by atoms with Crippen molar-refractivity contribution in [3.63, 3.8) is 0 Å². The molecule has 27 heavy (non-hydrogen) atoms. The van der Waals surface area contributed by atoms with Crippen molar-refractivity contribution in [3.8, 4) is 0 Å². The average molecular weight is 370 g/mol. The van der Waals surface area contributed by atoms with Crippen LogP contribution < -0.4 is 9.80 Å². The molecule has 0 aliphatic rings. The molecule has 2 aromatic carbocycles. The van der Waals surface area contributed by atoms with Crippen molar-refractivity contribution >= 4 is 23.3 Å². The van der Waals surface area contributed by atoms with E-state index in [1.165, 1.54) is 0 Å². The maximum Gasteiger partial charge on any atom is 0.338 e. The minimum atomic E-state index is -0.383. The molecule has 0 aromatic heterocycles. The van der Waals surface area contributed by atoms with Gasteiger partial charge in [-0.15, -0.1) is 0 Å². The molecule has 6 heteroatoms. The number of esters is 2. The number of carbonyl (C=O) groups excluding carboxylic acids is 2. The molecule has 2 aromatic rings. The molecule has 0 fully saturated rings. The fraction of sp³-hybridized carbons (Fsp3) is 0.333. The lowest BCUT2D eigenvalue weighted by molar-refractivity contribution is 0.0396. The van der Waals surface area contributed by atoms with Crippen LogP contribution in [-0.4, -0.2) is 53.3 Å². The minimum Gasteiger partial charge on any atom is -0.462 e. The van der Waals surface area contributed by atoms with Crippen LogP contribution in [-0.2, 0) is 9.47 Å². The van der Waals surface area contributed by atoms with Gasteiger partial charge in [-0.1, -0.05) is 0 Å². The van der Waals surface area contributed by atoms with Gasteiger partial charge in [0, 0.05) is 46.0 Å². The third kappa shape index (κ3) is 6.02. The summed E-state index contributed by atoms with van der Waals surface area (Å²) in [4.78, 5) is 27.9. The Bertz CT molecular complexity index is 687. The van der Waals surface area contributed by atoms with E-state index >= 15 is 0 Å². The maximum absolute atomic E-state index is 12.0. The van der Waals surface area contributed by atoms with E-state index in [4.69, 9.17) is 9.47 Å². The Hall–Kier alpha value is -3.02. The summed E-state index contributed by atoms with van der Waals surface area (Å²) in [7, 11) is 7.74. The Morgan fingerprint density at radius 1 is 0.667 bits per heavy atom. The lowest BCUT2D eigenvalue weighted by Gasteiger charge is -2.13. The summed E-state index contributed by atoms with van der Waals surface area (Å²) >= 11 is 0. The van der Waals surface area contributed by atoms with Crippen LogP contribution in [0.25, 0.3) is 0 Å². The van der Waals surface area contributed by atoms with Crippen LogP contribution in [0.5, 0.6) is 0 Å².